The number of nitrogens with zero attached hydrogens (tertiary/aromatic N) is 2. The Morgan fingerprint density at radius 2 is 2.10 bits per heavy atom. The smallest absolute Gasteiger partial charge is 0.245 e. The van der Waals surface area contributed by atoms with Gasteiger partial charge in [-0.15, -0.1) is 0 Å². The molecule has 1 saturated heterocycles. The maximum Gasteiger partial charge on any atom is 0.245 e. The fourth-order valence-electron chi connectivity index (χ4n) is 2.70. The first-order valence-corrected chi connectivity index (χ1v) is 8.40. The van der Waals surface area contributed by atoms with Crippen LogP contribution < -0.4 is 5.73 Å². The van der Waals surface area contributed by atoms with E-state index in [0.717, 1.165) is 12.1 Å². The number of likely N-dealkylation sites (N-methyl/N-ethyl adjacent to an activating group) is 1. The molecule has 2 heterocycles. The molecule has 1 aromatic heterocycles. The third kappa shape index (κ3) is 2.41. The highest BCUT2D eigenvalue weighted by Gasteiger charge is 2.32. The Labute approximate surface area is 124 Å². The van der Waals surface area contributed by atoms with Gasteiger partial charge < -0.3 is 15.6 Å². The SMILES string of the molecule is CC1CN(S(=O)(=O)c2c[nH]c3ccc(N)cc23)CCN1C. The number of benzene rings is 1. The lowest BCUT2D eigenvalue weighted by Crippen LogP contribution is -2.51. The molecular weight excluding hydrogens is 288 g/mol. The fourth-order valence-corrected chi connectivity index (χ4v) is 4.37. The minimum atomic E-state index is -3.50. The van der Waals surface area contributed by atoms with Crippen molar-refractivity contribution in [3.8, 4) is 0 Å². The number of hydrogen-bond donors (Lipinski definition) is 2. The van der Waals surface area contributed by atoms with Gasteiger partial charge >= 0.3 is 0 Å². The van der Waals surface area contributed by atoms with E-state index < -0.39 is 10.0 Å². The quantitative estimate of drug-likeness (QED) is 0.813. The van der Waals surface area contributed by atoms with Crippen LogP contribution in [0, 0.1) is 0 Å². The number of aromatic amines is 1. The zero-order chi connectivity index (χ0) is 15.2. The van der Waals surface area contributed by atoms with Crippen molar-refractivity contribution in [3.63, 3.8) is 0 Å². The summed E-state index contributed by atoms with van der Waals surface area (Å²) in [5.74, 6) is 0. The van der Waals surface area contributed by atoms with E-state index in [-0.39, 0.29) is 6.04 Å². The topological polar surface area (TPSA) is 82.4 Å². The summed E-state index contributed by atoms with van der Waals surface area (Å²) in [6, 6.07) is 5.48. The van der Waals surface area contributed by atoms with E-state index in [0.29, 0.717) is 29.1 Å². The van der Waals surface area contributed by atoms with Gasteiger partial charge in [0, 0.05) is 48.5 Å². The molecule has 0 saturated carbocycles. The summed E-state index contributed by atoms with van der Waals surface area (Å²) in [4.78, 5) is 5.48. The largest absolute Gasteiger partial charge is 0.399 e. The van der Waals surface area contributed by atoms with Gasteiger partial charge in [-0.2, -0.15) is 4.31 Å². The van der Waals surface area contributed by atoms with Crippen LogP contribution in [0.3, 0.4) is 0 Å². The Bertz CT molecular complexity index is 768. The molecule has 0 radical (unpaired) electrons. The van der Waals surface area contributed by atoms with E-state index in [1.165, 1.54) is 0 Å². The number of anilines is 1. The number of nitrogens with one attached hydrogen (secondary N) is 1. The predicted molar refractivity (Wildman–Crippen MR) is 83.6 cm³/mol. The molecule has 114 valence electrons. The van der Waals surface area contributed by atoms with Crippen molar-refractivity contribution in [2.75, 3.05) is 32.4 Å². The van der Waals surface area contributed by atoms with Crippen LogP contribution >= 0.6 is 0 Å². The van der Waals surface area contributed by atoms with Crippen molar-refractivity contribution in [2.24, 2.45) is 0 Å². The molecule has 1 aliphatic rings. The van der Waals surface area contributed by atoms with Crippen molar-refractivity contribution in [3.05, 3.63) is 24.4 Å². The number of fused-ring (bicyclic) bond motifs is 1. The number of aromatic nitrogens is 1. The Morgan fingerprint density at radius 3 is 2.81 bits per heavy atom. The normalized spacial score (nSPS) is 21.9. The monoisotopic (exact) mass is 308 g/mol. The fraction of sp³-hybridized carbons (Fsp3) is 0.429. The summed E-state index contributed by atoms with van der Waals surface area (Å²) in [5.41, 5.74) is 7.13. The molecule has 0 aliphatic carbocycles. The Hall–Kier alpha value is -1.57. The summed E-state index contributed by atoms with van der Waals surface area (Å²) < 4.78 is 27.3. The lowest BCUT2D eigenvalue weighted by Gasteiger charge is -2.36. The molecule has 0 spiro atoms. The van der Waals surface area contributed by atoms with Crippen LogP contribution in [0.15, 0.2) is 29.3 Å². The van der Waals surface area contributed by atoms with Crippen LogP contribution in [-0.2, 0) is 10.0 Å². The molecule has 6 nitrogen and oxygen atoms in total. The van der Waals surface area contributed by atoms with Gasteiger partial charge in [0.25, 0.3) is 0 Å². The highest BCUT2D eigenvalue weighted by atomic mass is 32.2. The first-order valence-electron chi connectivity index (χ1n) is 6.96. The Morgan fingerprint density at radius 1 is 1.33 bits per heavy atom. The maximum atomic E-state index is 12.9. The molecule has 1 atom stereocenters. The summed E-state index contributed by atoms with van der Waals surface area (Å²) >= 11 is 0. The maximum absolute atomic E-state index is 12.9. The van der Waals surface area contributed by atoms with Crippen LogP contribution in [0.1, 0.15) is 6.92 Å². The average molecular weight is 308 g/mol. The second-order valence-electron chi connectivity index (χ2n) is 5.65. The first-order chi connectivity index (χ1) is 9.89. The van der Waals surface area contributed by atoms with Crippen LogP contribution in [0.4, 0.5) is 5.69 Å². The zero-order valence-electron chi connectivity index (χ0n) is 12.2. The molecule has 1 unspecified atom stereocenters. The Balaban J connectivity index is 2.02. The van der Waals surface area contributed by atoms with E-state index in [1.54, 1.807) is 28.7 Å². The zero-order valence-corrected chi connectivity index (χ0v) is 13.0. The minimum Gasteiger partial charge on any atom is -0.399 e. The molecule has 21 heavy (non-hydrogen) atoms. The number of piperazine rings is 1. The van der Waals surface area contributed by atoms with Gasteiger partial charge in [-0.25, -0.2) is 8.42 Å². The van der Waals surface area contributed by atoms with Gasteiger partial charge in [0.15, 0.2) is 0 Å². The van der Waals surface area contributed by atoms with Crippen LogP contribution in [0.25, 0.3) is 10.9 Å². The van der Waals surface area contributed by atoms with Crippen molar-refractivity contribution < 1.29 is 8.42 Å². The van der Waals surface area contributed by atoms with Crippen molar-refractivity contribution in [1.29, 1.82) is 0 Å². The highest BCUT2D eigenvalue weighted by Crippen LogP contribution is 2.28. The van der Waals surface area contributed by atoms with Gasteiger partial charge in [-0.05, 0) is 32.2 Å². The minimum absolute atomic E-state index is 0.212. The summed E-state index contributed by atoms with van der Waals surface area (Å²) in [6.45, 7) is 3.80. The number of H-pyrrole nitrogens is 1. The van der Waals surface area contributed by atoms with E-state index in [2.05, 4.69) is 9.88 Å². The van der Waals surface area contributed by atoms with Gasteiger partial charge in [0.1, 0.15) is 4.90 Å². The van der Waals surface area contributed by atoms with Crippen LogP contribution in [-0.4, -0.2) is 55.3 Å². The predicted octanol–water partition coefficient (Wildman–Crippen LogP) is 1.07. The Kier molecular flexibility index (Phi) is 3.43. The number of sulfonamides is 1. The highest BCUT2D eigenvalue weighted by molar-refractivity contribution is 7.89. The molecule has 0 amide bonds. The number of nitrogen functional groups attached to an aromatic ring is 1. The third-order valence-corrected chi connectivity index (χ3v) is 6.11. The molecule has 1 fully saturated rings. The third-order valence-electron chi connectivity index (χ3n) is 4.21. The van der Waals surface area contributed by atoms with E-state index in [1.807, 2.05) is 14.0 Å². The lowest BCUT2D eigenvalue weighted by atomic mass is 10.2. The van der Waals surface area contributed by atoms with E-state index in [4.69, 9.17) is 5.73 Å². The van der Waals surface area contributed by atoms with Crippen molar-refractivity contribution in [2.45, 2.75) is 17.9 Å². The van der Waals surface area contributed by atoms with Gasteiger partial charge in [0.05, 0.1) is 0 Å². The van der Waals surface area contributed by atoms with Gasteiger partial charge in [-0.1, -0.05) is 0 Å². The number of rotatable bonds is 2. The standard InChI is InChI=1S/C14H20N4O2S/c1-10-9-18(6-5-17(10)2)21(19,20)14-8-16-13-4-3-11(15)7-12(13)14/h3-4,7-8,10,16H,5-6,9,15H2,1-2H3. The molecule has 2 aromatic rings. The number of hydrogen-bond acceptors (Lipinski definition) is 4. The lowest BCUT2D eigenvalue weighted by molar-refractivity contribution is 0.159. The summed E-state index contributed by atoms with van der Waals surface area (Å²) in [5, 5.41) is 0.654. The molecule has 1 aromatic carbocycles. The first kappa shape index (κ1) is 14.4. The molecule has 3 N–H and O–H groups in total. The van der Waals surface area contributed by atoms with Crippen molar-refractivity contribution in [1.82, 2.24) is 14.2 Å². The summed E-state index contributed by atoms with van der Waals surface area (Å²) in [6.07, 6.45) is 1.56. The second kappa shape index (κ2) is 5.01. The van der Waals surface area contributed by atoms with E-state index >= 15 is 0 Å². The van der Waals surface area contributed by atoms with E-state index in [9.17, 15) is 8.42 Å². The van der Waals surface area contributed by atoms with Crippen LogP contribution in [0.2, 0.25) is 0 Å². The molecule has 0 bridgehead atoms. The summed E-state index contributed by atoms with van der Waals surface area (Å²) in [7, 11) is -1.48. The molecule has 7 heteroatoms. The van der Waals surface area contributed by atoms with Gasteiger partial charge in [0.2, 0.25) is 10.0 Å². The molecule has 3 rings (SSSR count). The molecule has 1 aliphatic heterocycles. The van der Waals surface area contributed by atoms with Crippen LogP contribution in [0.5, 0.6) is 0 Å². The average Bonchev–Trinajstić information content (AvgIpc) is 2.85. The van der Waals surface area contributed by atoms with Gasteiger partial charge in [-0.3, -0.25) is 0 Å². The second-order valence-corrected chi connectivity index (χ2v) is 7.56. The number of nitrogens with two attached hydrogens (primary N) is 1. The van der Waals surface area contributed by atoms with Crippen molar-refractivity contribution >= 4 is 26.6 Å². The molecular formula is C14H20N4O2S.